The zero-order valence-electron chi connectivity index (χ0n) is 9.76. The molecule has 2 rings (SSSR count). The first kappa shape index (κ1) is 10.9. The lowest BCUT2D eigenvalue weighted by Gasteiger charge is -2.23. The molecule has 1 nitrogen and oxygen atoms in total. The normalized spacial score (nSPS) is 30.5. The van der Waals surface area contributed by atoms with Crippen LogP contribution in [0.15, 0.2) is 23.3 Å². The van der Waals surface area contributed by atoms with Crippen molar-refractivity contribution in [1.29, 1.82) is 0 Å². The Morgan fingerprint density at radius 2 is 2.27 bits per heavy atom. The third kappa shape index (κ3) is 2.52. The Bertz CT molecular complexity index is 288. The topological polar surface area (TPSA) is 20.2 Å². The highest BCUT2D eigenvalue weighted by molar-refractivity contribution is 5.35. The van der Waals surface area contributed by atoms with Crippen LogP contribution >= 0.6 is 0 Å². The van der Waals surface area contributed by atoms with E-state index in [4.69, 9.17) is 0 Å². The van der Waals surface area contributed by atoms with Gasteiger partial charge in [0.15, 0.2) is 0 Å². The predicted octanol–water partition coefficient (Wildman–Crippen LogP) is 3.74. The molecule has 1 atom stereocenters. The Morgan fingerprint density at radius 3 is 3.07 bits per heavy atom. The molecule has 0 heterocycles. The second-order valence-corrected chi connectivity index (χ2v) is 5.10. The van der Waals surface area contributed by atoms with Crippen molar-refractivity contribution in [3.8, 4) is 0 Å². The molecule has 0 aromatic carbocycles. The van der Waals surface area contributed by atoms with E-state index in [0.29, 0.717) is 0 Å². The van der Waals surface area contributed by atoms with E-state index in [2.05, 4.69) is 19.1 Å². The van der Waals surface area contributed by atoms with Gasteiger partial charge in [-0.3, -0.25) is 0 Å². The largest absolute Gasteiger partial charge is 0.389 e. The van der Waals surface area contributed by atoms with E-state index in [1.807, 2.05) is 0 Å². The fraction of sp³-hybridized carbons (Fsp3) is 0.714. The van der Waals surface area contributed by atoms with E-state index < -0.39 is 5.60 Å². The first-order valence-corrected chi connectivity index (χ1v) is 6.33. The molecule has 0 radical (unpaired) electrons. The van der Waals surface area contributed by atoms with Crippen LogP contribution in [0.3, 0.4) is 0 Å². The highest BCUT2D eigenvalue weighted by Crippen LogP contribution is 2.41. The number of aliphatic hydroxyl groups is 1. The van der Waals surface area contributed by atoms with Crippen LogP contribution in [0.2, 0.25) is 0 Å². The lowest BCUT2D eigenvalue weighted by atomic mass is 9.91. The molecule has 0 spiro atoms. The van der Waals surface area contributed by atoms with E-state index in [0.717, 1.165) is 25.7 Å². The fourth-order valence-electron chi connectivity index (χ4n) is 2.82. The summed E-state index contributed by atoms with van der Waals surface area (Å²) in [5, 5.41) is 10.5. The van der Waals surface area contributed by atoms with E-state index >= 15 is 0 Å². The van der Waals surface area contributed by atoms with Gasteiger partial charge in [0.05, 0.1) is 5.60 Å². The molecule has 0 bridgehead atoms. The van der Waals surface area contributed by atoms with Crippen molar-refractivity contribution in [2.24, 2.45) is 0 Å². The summed E-state index contributed by atoms with van der Waals surface area (Å²) in [6, 6.07) is 0. The molecule has 2 aliphatic carbocycles. The van der Waals surface area contributed by atoms with Gasteiger partial charge < -0.3 is 5.11 Å². The summed E-state index contributed by atoms with van der Waals surface area (Å²) >= 11 is 0. The minimum atomic E-state index is -0.400. The summed E-state index contributed by atoms with van der Waals surface area (Å²) in [5.74, 6) is 0. The summed E-state index contributed by atoms with van der Waals surface area (Å²) in [5.41, 5.74) is 2.57. The average Bonchev–Trinajstić information content (AvgIpc) is 2.38. The van der Waals surface area contributed by atoms with Crippen LogP contribution in [0, 0.1) is 0 Å². The summed E-state index contributed by atoms with van der Waals surface area (Å²) in [7, 11) is 0. The molecule has 1 unspecified atom stereocenters. The number of allylic oxidation sites excluding steroid dienone is 2. The smallest absolute Gasteiger partial charge is 0.0725 e. The molecule has 0 saturated heterocycles. The zero-order chi connectivity index (χ0) is 10.7. The zero-order valence-corrected chi connectivity index (χ0v) is 9.76. The molecule has 0 saturated carbocycles. The Balaban J connectivity index is 2.01. The SMILES string of the molecule is CCCCC1(O)CC2=C(CCCC=C2)C1. The maximum Gasteiger partial charge on any atom is 0.0725 e. The van der Waals surface area contributed by atoms with Gasteiger partial charge >= 0.3 is 0 Å². The summed E-state index contributed by atoms with van der Waals surface area (Å²) in [4.78, 5) is 0. The molecule has 0 aromatic rings. The van der Waals surface area contributed by atoms with Crippen LogP contribution in [0.25, 0.3) is 0 Å². The van der Waals surface area contributed by atoms with Crippen LogP contribution in [-0.2, 0) is 0 Å². The second kappa shape index (κ2) is 4.52. The van der Waals surface area contributed by atoms with Crippen LogP contribution in [0.5, 0.6) is 0 Å². The molecular formula is C14H22O. The molecule has 0 amide bonds. The first-order valence-electron chi connectivity index (χ1n) is 6.33. The first-order chi connectivity index (χ1) is 7.23. The third-order valence-corrected chi connectivity index (χ3v) is 3.68. The van der Waals surface area contributed by atoms with Crippen molar-refractivity contribution in [3.05, 3.63) is 23.3 Å². The van der Waals surface area contributed by atoms with Gasteiger partial charge in [0.25, 0.3) is 0 Å². The van der Waals surface area contributed by atoms with Crippen LogP contribution in [-0.4, -0.2) is 10.7 Å². The van der Waals surface area contributed by atoms with E-state index in [1.54, 1.807) is 0 Å². The highest BCUT2D eigenvalue weighted by atomic mass is 16.3. The van der Waals surface area contributed by atoms with Gasteiger partial charge in [-0.1, -0.05) is 37.5 Å². The van der Waals surface area contributed by atoms with Gasteiger partial charge in [0, 0.05) is 6.42 Å². The predicted molar refractivity (Wildman–Crippen MR) is 63.7 cm³/mol. The maximum atomic E-state index is 10.5. The van der Waals surface area contributed by atoms with Gasteiger partial charge in [-0.05, 0) is 37.7 Å². The van der Waals surface area contributed by atoms with E-state index in [1.165, 1.54) is 36.8 Å². The Kier molecular flexibility index (Phi) is 3.30. The lowest BCUT2D eigenvalue weighted by molar-refractivity contribution is 0.0395. The molecule has 1 N–H and O–H groups in total. The Hall–Kier alpha value is -0.560. The van der Waals surface area contributed by atoms with E-state index in [-0.39, 0.29) is 0 Å². The minimum absolute atomic E-state index is 0.400. The second-order valence-electron chi connectivity index (χ2n) is 5.10. The lowest BCUT2D eigenvalue weighted by Crippen LogP contribution is -2.25. The van der Waals surface area contributed by atoms with Crippen LogP contribution in [0.1, 0.15) is 58.3 Å². The number of hydrogen-bond donors (Lipinski definition) is 1. The minimum Gasteiger partial charge on any atom is -0.389 e. The number of rotatable bonds is 3. The Morgan fingerprint density at radius 1 is 1.40 bits per heavy atom. The molecule has 0 fully saturated rings. The van der Waals surface area contributed by atoms with Crippen LogP contribution in [0.4, 0.5) is 0 Å². The summed E-state index contributed by atoms with van der Waals surface area (Å²) < 4.78 is 0. The number of hydrogen-bond acceptors (Lipinski definition) is 1. The third-order valence-electron chi connectivity index (χ3n) is 3.68. The summed E-state index contributed by atoms with van der Waals surface area (Å²) in [6.45, 7) is 2.19. The molecule has 1 heteroatoms. The van der Waals surface area contributed by atoms with Crippen molar-refractivity contribution < 1.29 is 5.11 Å². The summed E-state index contributed by atoms with van der Waals surface area (Å²) in [6.07, 6.45) is 13.4. The van der Waals surface area contributed by atoms with Crippen molar-refractivity contribution in [1.82, 2.24) is 0 Å². The van der Waals surface area contributed by atoms with Crippen LogP contribution < -0.4 is 0 Å². The van der Waals surface area contributed by atoms with Crippen molar-refractivity contribution in [2.45, 2.75) is 63.9 Å². The molecule has 0 aliphatic heterocycles. The molecule has 15 heavy (non-hydrogen) atoms. The van der Waals surface area contributed by atoms with Crippen molar-refractivity contribution >= 4 is 0 Å². The quantitative estimate of drug-likeness (QED) is 0.746. The van der Waals surface area contributed by atoms with E-state index in [9.17, 15) is 5.11 Å². The van der Waals surface area contributed by atoms with Gasteiger partial charge in [0.2, 0.25) is 0 Å². The molecule has 2 aliphatic rings. The number of unbranched alkanes of at least 4 members (excludes halogenated alkanes) is 1. The van der Waals surface area contributed by atoms with Crippen molar-refractivity contribution in [2.75, 3.05) is 0 Å². The standard InChI is InChI=1S/C14H22O/c1-2-3-9-14(15)10-12-7-5-4-6-8-13(12)11-14/h5,7,15H,2-4,6,8-11H2,1H3. The Labute approximate surface area is 92.9 Å². The van der Waals surface area contributed by atoms with Gasteiger partial charge in [-0.2, -0.15) is 0 Å². The van der Waals surface area contributed by atoms with Gasteiger partial charge in [-0.25, -0.2) is 0 Å². The van der Waals surface area contributed by atoms with Crippen molar-refractivity contribution in [3.63, 3.8) is 0 Å². The van der Waals surface area contributed by atoms with Gasteiger partial charge in [-0.15, -0.1) is 0 Å². The fourth-order valence-corrected chi connectivity index (χ4v) is 2.82. The average molecular weight is 206 g/mol. The maximum absolute atomic E-state index is 10.5. The molecular weight excluding hydrogens is 184 g/mol. The highest BCUT2D eigenvalue weighted by Gasteiger charge is 2.35. The molecule has 0 aromatic heterocycles. The van der Waals surface area contributed by atoms with Gasteiger partial charge in [0.1, 0.15) is 0 Å². The molecule has 84 valence electrons. The monoisotopic (exact) mass is 206 g/mol.